The smallest absolute Gasteiger partial charge is 0.227 e. The first-order valence-electron chi connectivity index (χ1n) is 13.1. The van der Waals surface area contributed by atoms with Gasteiger partial charge in [0.15, 0.2) is 11.5 Å². The fourth-order valence-corrected chi connectivity index (χ4v) is 4.71. The SMILES string of the molecule is CCCC[C@H](O)CN(Cc1c(C)nn(-c2ccccc2)c1Oc1ccccc1OC)C[C@@H]1CCCO1. The number of aliphatic hydroxyl groups is 1. The molecule has 194 valence electrons. The molecule has 36 heavy (non-hydrogen) atoms. The predicted molar refractivity (Wildman–Crippen MR) is 141 cm³/mol. The molecule has 0 saturated carbocycles. The lowest BCUT2D eigenvalue weighted by molar-refractivity contribution is 0.0434. The van der Waals surface area contributed by atoms with Crippen LogP contribution in [0.2, 0.25) is 0 Å². The molecule has 3 aromatic rings. The van der Waals surface area contributed by atoms with E-state index < -0.39 is 0 Å². The Kier molecular flexibility index (Phi) is 9.39. The van der Waals surface area contributed by atoms with E-state index in [2.05, 4.69) is 11.8 Å². The maximum atomic E-state index is 10.8. The van der Waals surface area contributed by atoms with E-state index in [-0.39, 0.29) is 12.2 Å². The number of ether oxygens (including phenoxy) is 3. The van der Waals surface area contributed by atoms with Crippen LogP contribution in [0.4, 0.5) is 0 Å². The number of methoxy groups -OCH3 is 1. The van der Waals surface area contributed by atoms with Gasteiger partial charge in [0.2, 0.25) is 5.88 Å². The van der Waals surface area contributed by atoms with E-state index in [1.54, 1.807) is 7.11 Å². The summed E-state index contributed by atoms with van der Waals surface area (Å²) in [6.07, 6.45) is 4.83. The standard InChI is InChI=1S/C29H39N3O4/c1-4-5-14-24(33)19-31(20-25-15-11-18-35-25)21-26-22(2)30-32(23-12-7-6-8-13-23)29(26)36-28-17-10-9-16-27(28)34-3/h6-10,12-13,16-17,24-25,33H,4-5,11,14-15,18-21H2,1-3H3/t24-,25-/m0/s1. The van der Waals surface area contributed by atoms with Crippen LogP contribution in [0.1, 0.15) is 50.3 Å². The first-order valence-corrected chi connectivity index (χ1v) is 13.1. The Morgan fingerprint density at radius 1 is 1.14 bits per heavy atom. The number of aliphatic hydroxyl groups excluding tert-OH is 1. The van der Waals surface area contributed by atoms with Crippen LogP contribution in [-0.2, 0) is 11.3 Å². The zero-order valence-corrected chi connectivity index (χ0v) is 21.7. The summed E-state index contributed by atoms with van der Waals surface area (Å²) < 4.78 is 19.9. The van der Waals surface area contributed by atoms with Crippen LogP contribution in [0.15, 0.2) is 54.6 Å². The van der Waals surface area contributed by atoms with Gasteiger partial charge >= 0.3 is 0 Å². The molecule has 0 amide bonds. The van der Waals surface area contributed by atoms with Crippen molar-refractivity contribution in [2.24, 2.45) is 0 Å². The minimum absolute atomic E-state index is 0.187. The van der Waals surface area contributed by atoms with Gasteiger partial charge in [-0.25, -0.2) is 4.68 Å². The van der Waals surface area contributed by atoms with Crippen LogP contribution >= 0.6 is 0 Å². The molecule has 0 bridgehead atoms. The molecule has 1 saturated heterocycles. The van der Waals surface area contributed by atoms with Crippen LogP contribution in [0, 0.1) is 6.92 Å². The molecule has 2 heterocycles. The normalized spacial score (nSPS) is 16.4. The van der Waals surface area contributed by atoms with Crippen molar-refractivity contribution in [3.63, 3.8) is 0 Å². The highest BCUT2D eigenvalue weighted by Crippen LogP contribution is 2.36. The topological polar surface area (TPSA) is 69.0 Å². The Morgan fingerprint density at radius 2 is 1.89 bits per heavy atom. The summed E-state index contributed by atoms with van der Waals surface area (Å²) in [5.41, 5.74) is 2.81. The largest absolute Gasteiger partial charge is 0.493 e. The van der Waals surface area contributed by atoms with Gasteiger partial charge in [0.05, 0.1) is 36.3 Å². The van der Waals surface area contributed by atoms with E-state index in [9.17, 15) is 5.11 Å². The molecule has 1 fully saturated rings. The number of hydrogen-bond acceptors (Lipinski definition) is 6. The second-order valence-electron chi connectivity index (χ2n) is 9.49. The average Bonchev–Trinajstić information content (AvgIpc) is 3.52. The number of hydrogen-bond donors (Lipinski definition) is 1. The van der Waals surface area contributed by atoms with Gasteiger partial charge in [0.25, 0.3) is 0 Å². The van der Waals surface area contributed by atoms with Crippen molar-refractivity contribution in [1.82, 2.24) is 14.7 Å². The highest BCUT2D eigenvalue weighted by atomic mass is 16.5. The third kappa shape index (κ3) is 6.66. The van der Waals surface area contributed by atoms with E-state index in [0.717, 1.165) is 62.2 Å². The zero-order valence-electron chi connectivity index (χ0n) is 21.7. The van der Waals surface area contributed by atoms with E-state index in [1.807, 2.05) is 66.2 Å². The first kappa shape index (κ1) is 26.2. The van der Waals surface area contributed by atoms with Crippen LogP contribution < -0.4 is 9.47 Å². The molecule has 1 N–H and O–H groups in total. The van der Waals surface area contributed by atoms with Crippen molar-refractivity contribution < 1.29 is 19.3 Å². The lowest BCUT2D eigenvalue weighted by atomic mass is 10.1. The molecule has 2 atom stereocenters. The van der Waals surface area contributed by atoms with Crippen molar-refractivity contribution in [2.75, 3.05) is 26.8 Å². The van der Waals surface area contributed by atoms with Gasteiger partial charge in [-0.05, 0) is 50.5 Å². The third-order valence-corrected chi connectivity index (χ3v) is 6.64. The molecule has 7 heteroatoms. The molecule has 0 unspecified atom stereocenters. The summed E-state index contributed by atoms with van der Waals surface area (Å²) in [7, 11) is 1.64. The predicted octanol–water partition coefficient (Wildman–Crippen LogP) is 5.51. The lowest BCUT2D eigenvalue weighted by Crippen LogP contribution is -2.37. The molecular formula is C29H39N3O4. The summed E-state index contributed by atoms with van der Waals surface area (Å²) in [6.45, 7) is 6.94. The van der Waals surface area contributed by atoms with Gasteiger partial charge in [-0.2, -0.15) is 5.10 Å². The van der Waals surface area contributed by atoms with E-state index >= 15 is 0 Å². The Labute approximate surface area is 214 Å². The summed E-state index contributed by atoms with van der Waals surface area (Å²) in [6, 6.07) is 17.7. The number of para-hydroxylation sites is 3. The summed E-state index contributed by atoms with van der Waals surface area (Å²) in [5, 5.41) is 15.7. The molecule has 0 aliphatic carbocycles. The fourth-order valence-electron chi connectivity index (χ4n) is 4.71. The zero-order chi connectivity index (χ0) is 25.3. The van der Waals surface area contributed by atoms with E-state index in [4.69, 9.17) is 19.3 Å². The second kappa shape index (κ2) is 12.9. The first-order chi connectivity index (χ1) is 17.6. The van der Waals surface area contributed by atoms with Crippen LogP contribution in [0.25, 0.3) is 5.69 Å². The van der Waals surface area contributed by atoms with E-state index in [0.29, 0.717) is 30.5 Å². The maximum Gasteiger partial charge on any atom is 0.227 e. The lowest BCUT2D eigenvalue weighted by Gasteiger charge is -2.27. The minimum Gasteiger partial charge on any atom is -0.493 e. The van der Waals surface area contributed by atoms with Crippen molar-refractivity contribution in [3.05, 3.63) is 65.9 Å². The quantitative estimate of drug-likeness (QED) is 0.338. The van der Waals surface area contributed by atoms with E-state index in [1.165, 1.54) is 0 Å². The van der Waals surface area contributed by atoms with Crippen LogP contribution in [0.5, 0.6) is 17.4 Å². The Hall–Kier alpha value is -2.87. The van der Waals surface area contributed by atoms with Gasteiger partial charge < -0.3 is 19.3 Å². The monoisotopic (exact) mass is 493 g/mol. The van der Waals surface area contributed by atoms with Gasteiger partial charge in [0.1, 0.15) is 0 Å². The molecule has 7 nitrogen and oxygen atoms in total. The third-order valence-electron chi connectivity index (χ3n) is 6.64. The molecule has 1 aliphatic rings. The van der Waals surface area contributed by atoms with Crippen molar-refractivity contribution in [3.8, 4) is 23.1 Å². The Balaban J connectivity index is 1.68. The number of aryl methyl sites for hydroxylation is 1. The van der Waals surface area contributed by atoms with Crippen molar-refractivity contribution >= 4 is 0 Å². The van der Waals surface area contributed by atoms with Crippen LogP contribution in [-0.4, -0.2) is 58.8 Å². The summed E-state index contributed by atoms with van der Waals surface area (Å²) in [4.78, 5) is 2.30. The molecule has 2 aromatic carbocycles. The van der Waals surface area contributed by atoms with Crippen LogP contribution in [0.3, 0.4) is 0 Å². The molecular weight excluding hydrogens is 454 g/mol. The van der Waals surface area contributed by atoms with Gasteiger partial charge in [0, 0.05) is 26.2 Å². The van der Waals surface area contributed by atoms with Gasteiger partial charge in [-0.3, -0.25) is 4.90 Å². The maximum absolute atomic E-state index is 10.8. The summed E-state index contributed by atoms with van der Waals surface area (Å²) in [5.74, 6) is 1.95. The molecule has 1 aromatic heterocycles. The van der Waals surface area contributed by atoms with Crippen molar-refractivity contribution in [1.29, 1.82) is 0 Å². The highest BCUT2D eigenvalue weighted by molar-refractivity contribution is 5.47. The minimum atomic E-state index is -0.380. The van der Waals surface area contributed by atoms with Gasteiger partial charge in [-0.1, -0.05) is 50.1 Å². The molecule has 1 aliphatic heterocycles. The Morgan fingerprint density at radius 3 is 2.58 bits per heavy atom. The Bertz CT molecular complexity index is 1080. The number of unbranched alkanes of at least 4 members (excludes halogenated alkanes) is 1. The molecule has 0 spiro atoms. The van der Waals surface area contributed by atoms with Gasteiger partial charge in [-0.15, -0.1) is 0 Å². The summed E-state index contributed by atoms with van der Waals surface area (Å²) >= 11 is 0. The fraction of sp³-hybridized carbons (Fsp3) is 0.483. The van der Waals surface area contributed by atoms with Crippen molar-refractivity contribution in [2.45, 2.75) is 64.7 Å². The average molecular weight is 494 g/mol. The molecule has 4 rings (SSSR count). The highest BCUT2D eigenvalue weighted by Gasteiger charge is 2.26. The number of aromatic nitrogens is 2. The molecule has 0 radical (unpaired) electrons. The number of nitrogens with zero attached hydrogens (tertiary/aromatic N) is 3. The number of rotatable bonds is 13. The number of benzene rings is 2. The second-order valence-corrected chi connectivity index (χ2v) is 9.49.